The van der Waals surface area contributed by atoms with Crippen molar-refractivity contribution in [2.24, 2.45) is 0 Å². The maximum atomic E-state index is 11.7. The van der Waals surface area contributed by atoms with Crippen LogP contribution in [-0.4, -0.2) is 42.4 Å². The van der Waals surface area contributed by atoms with Crippen LogP contribution in [0.15, 0.2) is 6.07 Å². The van der Waals surface area contributed by atoms with Gasteiger partial charge in [-0.05, 0) is 6.42 Å². The van der Waals surface area contributed by atoms with Gasteiger partial charge in [0, 0.05) is 24.2 Å². The minimum absolute atomic E-state index is 0.0133. The molecule has 1 aromatic rings. The van der Waals surface area contributed by atoms with Crippen LogP contribution in [0.5, 0.6) is 11.5 Å². The van der Waals surface area contributed by atoms with Gasteiger partial charge in [0.25, 0.3) is 5.69 Å². The van der Waals surface area contributed by atoms with Crippen LogP contribution < -0.4 is 9.47 Å². The molecule has 0 fully saturated rings. The lowest BCUT2D eigenvalue weighted by atomic mass is 9.96. The molecule has 0 aliphatic carbocycles. The first-order valence-corrected chi connectivity index (χ1v) is 6.81. The zero-order valence-electron chi connectivity index (χ0n) is 11.7. The molecule has 2 rings (SSSR count). The average molecular weight is 315 g/mol. The van der Waals surface area contributed by atoms with Gasteiger partial charge in [0.15, 0.2) is 11.5 Å². The number of halogens is 1. The maximum absolute atomic E-state index is 11.7. The number of nitrogens with zero attached hydrogens (tertiary/aromatic N) is 2. The van der Waals surface area contributed by atoms with E-state index in [0.29, 0.717) is 29.8 Å². The number of nitro groups is 1. The molecule has 0 aromatic heterocycles. The molecule has 0 spiro atoms. The lowest BCUT2D eigenvalue weighted by Crippen LogP contribution is -2.37. The van der Waals surface area contributed by atoms with Crippen LogP contribution in [0.4, 0.5) is 5.69 Å². The van der Waals surface area contributed by atoms with Crippen molar-refractivity contribution in [2.75, 3.05) is 26.6 Å². The van der Waals surface area contributed by atoms with E-state index in [9.17, 15) is 14.9 Å². The van der Waals surface area contributed by atoms with Crippen molar-refractivity contribution in [3.05, 3.63) is 27.3 Å². The predicted octanol–water partition coefficient (Wildman–Crippen LogP) is 1.74. The van der Waals surface area contributed by atoms with Crippen molar-refractivity contribution >= 4 is 23.2 Å². The first-order chi connectivity index (χ1) is 10.0. The molecule has 1 aliphatic heterocycles. The molecule has 1 amide bonds. The summed E-state index contributed by atoms with van der Waals surface area (Å²) in [6.45, 7) is 0.622. The average Bonchev–Trinajstić information content (AvgIpc) is 2.51. The number of rotatable bonds is 4. The fourth-order valence-electron chi connectivity index (χ4n) is 2.52. The van der Waals surface area contributed by atoms with Gasteiger partial charge in [-0.25, -0.2) is 0 Å². The van der Waals surface area contributed by atoms with Crippen molar-refractivity contribution in [1.82, 2.24) is 4.90 Å². The highest BCUT2D eigenvalue weighted by Gasteiger charge is 2.31. The van der Waals surface area contributed by atoms with Crippen LogP contribution in [0.25, 0.3) is 0 Å². The van der Waals surface area contributed by atoms with Gasteiger partial charge in [0.1, 0.15) is 5.88 Å². The van der Waals surface area contributed by atoms with E-state index in [2.05, 4.69) is 0 Å². The molecule has 8 heteroatoms. The molecule has 1 heterocycles. The van der Waals surface area contributed by atoms with Gasteiger partial charge >= 0.3 is 0 Å². The van der Waals surface area contributed by atoms with E-state index in [1.54, 1.807) is 4.90 Å². The third-order valence-corrected chi connectivity index (χ3v) is 3.74. The van der Waals surface area contributed by atoms with Crippen LogP contribution >= 0.6 is 11.6 Å². The summed E-state index contributed by atoms with van der Waals surface area (Å²) in [4.78, 5) is 24.1. The van der Waals surface area contributed by atoms with E-state index in [0.717, 1.165) is 0 Å². The summed E-state index contributed by atoms with van der Waals surface area (Å²) < 4.78 is 10.5. The highest BCUT2D eigenvalue weighted by Crippen LogP contribution is 2.41. The molecule has 0 bridgehead atoms. The number of hydrogen-bond donors (Lipinski definition) is 0. The second-order valence-corrected chi connectivity index (χ2v) is 4.81. The summed E-state index contributed by atoms with van der Waals surface area (Å²) in [5.41, 5.74) is 1.17. The van der Waals surface area contributed by atoms with E-state index >= 15 is 0 Å². The quantitative estimate of drug-likeness (QED) is 0.480. The fourth-order valence-corrected chi connectivity index (χ4v) is 2.68. The number of ether oxygens (including phenoxy) is 2. The maximum Gasteiger partial charge on any atom is 0.276 e. The number of hydrogen-bond acceptors (Lipinski definition) is 5. The van der Waals surface area contributed by atoms with Gasteiger partial charge in [0.05, 0.1) is 25.2 Å². The number of alkyl halides is 1. The summed E-state index contributed by atoms with van der Waals surface area (Å²) >= 11 is 5.57. The molecule has 1 aromatic carbocycles. The molecular formula is C13H15ClN2O5. The zero-order valence-corrected chi connectivity index (χ0v) is 12.5. The summed E-state index contributed by atoms with van der Waals surface area (Å²) in [5.74, 6) is 0.368. The van der Waals surface area contributed by atoms with Gasteiger partial charge < -0.3 is 14.4 Å². The minimum atomic E-state index is -0.445. The van der Waals surface area contributed by atoms with E-state index in [1.807, 2.05) is 0 Å². The summed E-state index contributed by atoms with van der Waals surface area (Å²) in [6.07, 6.45) is 0.384. The molecule has 0 unspecified atom stereocenters. The monoisotopic (exact) mass is 314 g/mol. The van der Waals surface area contributed by atoms with Crippen molar-refractivity contribution in [3.63, 3.8) is 0 Å². The van der Waals surface area contributed by atoms with Gasteiger partial charge in [-0.1, -0.05) is 0 Å². The Morgan fingerprint density at radius 1 is 1.43 bits per heavy atom. The van der Waals surface area contributed by atoms with Gasteiger partial charge in [0.2, 0.25) is 5.91 Å². The van der Waals surface area contributed by atoms with E-state index in [1.165, 1.54) is 20.3 Å². The Balaban J connectivity index is 2.57. The first kappa shape index (κ1) is 15.4. The molecule has 114 valence electrons. The fraction of sp³-hybridized carbons (Fsp3) is 0.462. The van der Waals surface area contributed by atoms with E-state index in [4.69, 9.17) is 21.1 Å². The second-order valence-electron chi connectivity index (χ2n) is 4.54. The highest BCUT2D eigenvalue weighted by molar-refractivity contribution is 6.27. The number of methoxy groups -OCH3 is 2. The number of benzene rings is 1. The largest absolute Gasteiger partial charge is 0.493 e. The number of fused-ring (bicyclic) bond motifs is 1. The Hall–Kier alpha value is -2.02. The second kappa shape index (κ2) is 6.17. The van der Waals surface area contributed by atoms with Gasteiger partial charge in [-0.15, -0.1) is 11.6 Å². The third-order valence-electron chi connectivity index (χ3n) is 3.51. The zero-order chi connectivity index (χ0) is 15.6. The number of amides is 1. The van der Waals surface area contributed by atoms with Gasteiger partial charge in [-0.3, -0.25) is 14.9 Å². The molecule has 21 heavy (non-hydrogen) atoms. The Kier molecular flexibility index (Phi) is 4.52. The lowest BCUT2D eigenvalue weighted by Gasteiger charge is -2.29. The molecular weight excluding hydrogens is 300 g/mol. The SMILES string of the molecule is COc1cc([N+](=O)[O-])c2c(c1OC)CN(C(=O)CCl)CC2. The number of nitro benzene ring substituents is 1. The molecule has 0 saturated heterocycles. The molecule has 0 N–H and O–H groups in total. The third kappa shape index (κ3) is 2.73. The van der Waals surface area contributed by atoms with Crippen molar-refractivity contribution in [1.29, 1.82) is 0 Å². The highest BCUT2D eigenvalue weighted by atomic mass is 35.5. The normalized spacial score (nSPS) is 13.6. The number of carbonyl (C=O) groups is 1. The van der Waals surface area contributed by atoms with E-state index < -0.39 is 4.92 Å². The Morgan fingerprint density at radius 3 is 2.67 bits per heavy atom. The van der Waals surface area contributed by atoms with Crippen LogP contribution in [0.2, 0.25) is 0 Å². The summed E-state index contributed by atoms with van der Waals surface area (Å²) in [6, 6.07) is 1.36. The molecule has 0 saturated carbocycles. The summed E-state index contributed by atoms with van der Waals surface area (Å²) in [7, 11) is 2.88. The molecule has 1 aliphatic rings. The van der Waals surface area contributed by atoms with Crippen LogP contribution in [0.3, 0.4) is 0 Å². The van der Waals surface area contributed by atoms with Crippen molar-refractivity contribution in [2.45, 2.75) is 13.0 Å². The van der Waals surface area contributed by atoms with Crippen LogP contribution in [0, 0.1) is 10.1 Å². The standard InChI is InChI=1S/C13H15ClN2O5/c1-20-11-5-10(16(18)19)8-3-4-15(12(17)6-14)7-9(8)13(11)21-2/h5H,3-4,6-7H2,1-2H3. The van der Waals surface area contributed by atoms with Gasteiger partial charge in [-0.2, -0.15) is 0 Å². The smallest absolute Gasteiger partial charge is 0.276 e. The topological polar surface area (TPSA) is 81.9 Å². The van der Waals surface area contributed by atoms with Crippen LogP contribution in [-0.2, 0) is 17.8 Å². The predicted molar refractivity (Wildman–Crippen MR) is 76.0 cm³/mol. The Labute approximate surface area is 126 Å². The number of carbonyl (C=O) groups excluding carboxylic acids is 1. The Morgan fingerprint density at radius 2 is 2.14 bits per heavy atom. The van der Waals surface area contributed by atoms with E-state index in [-0.39, 0.29) is 29.8 Å². The first-order valence-electron chi connectivity index (χ1n) is 6.28. The minimum Gasteiger partial charge on any atom is -0.493 e. The lowest BCUT2D eigenvalue weighted by molar-refractivity contribution is -0.385. The molecule has 0 radical (unpaired) electrons. The van der Waals surface area contributed by atoms with Crippen LogP contribution in [0.1, 0.15) is 11.1 Å². The molecule has 7 nitrogen and oxygen atoms in total. The van der Waals surface area contributed by atoms with Crippen molar-refractivity contribution < 1.29 is 19.2 Å². The summed E-state index contributed by atoms with van der Waals surface area (Å²) in [5, 5.41) is 11.2. The molecule has 0 atom stereocenters. The van der Waals surface area contributed by atoms with Crippen molar-refractivity contribution in [3.8, 4) is 11.5 Å². The Bertz CT molecular complexity index is 590.